The van der Waals surface area contributed by atoms with E-state index in [1.54, 1.807) is 0 Å². The zero-order valence-electron chi connectivity index (χ0n) is 15.5. The van der Waals surface area contributed by atoms with Crippen LogP contribution in [-0.2, 0) is 9.53 Å². The number of nitrogens with one attached hydrogen (secondary N) is 1. The summed E-state index contributed by atoms with van der Waals surface area (Å²) in [6.45, 7) is 6.84. The Morgan fingerprint density at radius 1 is 1.23 bits per heavy atom. The van der Waals surface area contributed by atoms with Crippen LogP contribution in [0.3, 0.4) is 0 Å². The predicted molar refractivity (Wildman–Crippen MR) is 100 cm³/mol. The van der Waals surface area contributed by atoms with Gasteiger partial charge in [-0.2, -0.15) is 5.26 Å². The average Bonchev–Trinajstić information content (AvgIpc) is 2.80. The molecule has 0 saturated carbocycles. The van der Waals surface area contributed by atoms with Crippen LogP contribution in [0.2, 0.25) is 0 Å². The third kappa shape index (κ3) is 4.35. The molecule has 2 heterocycles. The first-order valence-corrected chi connectivity index (χ1v) is 9.50. The number of hydrogen-bond donors (Lipinski definition) is 1. The van der Waals surface area contributed by atoms with Crippen LogP contribution in [-0.4, -0.2) is 67.2 Å². The highest BCUT2D eigenvalue weighted by Gasteiger charge is 2.40. The first-order valence-electron chi connectivity index (χ1n) is 9.50. The summed E-state index contributed by atoms with van der Waals surface area (Å²) in [7, 11) is 0. The second kappa shape index (κ2) is 8.52. The minimum atomic E-state index is -0.746. The van der Waals surface area contributed by atoms with Crippen molar-refractivity contribution in [1.29, 1.82) is 5.26 Å². The standard InChI is InChI=1S/C20H28N4O2/c1-20(16-22-9-14-26-20)19(25)24-12-10-23(11-13-24)18-6-4-2-3-5-17(15-21)7-8-18/h5-8,22H,2-4,9-14,16H2,1H3/b8-7-,17-5?,18-6-. The zero-order valence-corrected chi connectivity index (χ0v) is 15.5. The Labute approximate surface area is 155 Å². The summed E-state index contributed by atoms with van der Waals surface area (Å²) in [5.74, 6) is 0.0815. The van der Waals surface area contributed by atoms with E-state index in [-0.39, 0.29) is 5.91 Å². The van der Waals surface area contributed by atoms with E-state index in [1.807, 2.05) is 30.1 Å². The lowest BCUT2D eigenvalue weighted by molar-refractivity contribution is -0.160. The van der Waals surface area contributed by atoms with E-state index in [0.29, 0.717) is 26.2 Å². The van der Waals surface area contributed by atoms with Crippen molar-refractivity contribution in [3.63, 3.8) is 0 Å². The van der Waals surface area contributed by atoms with Crippen LogP contribution in [0.1, 0.15) is 26.2 Å². The van der Waals surface area contributed by atoms with Gasteiger partial charge in [-0.1, -0.05) is 12.2 Å². The quantitative estimate of drug-likeness (QED) is 0.814. The number of allylic oxidation sites excluding steroid dienone is 5. The van der Waals surface area contributed by atoms with Crippen molar-refractivity contribution in [3.05, 3.63) is 35.6 Å². The Balaban J connectivity index is 1.61. The number of carbonyl (C=O) groups is 1. The molecule has 2 fully saturated rings. The van der Waals surface area contributed by atoms with Crippen molar-refractivity contribution in [2.24, 2.45) is 0 Å². The van der Waals surface area contributed by atoms with Crippen LogP contribution < -0.4 is 5.32 Å². The van der Waals surface area contributed by atoms with Gasteiger partial charge in [0.2, 0.25) is 0 Å². The maximum Gasteiger partial charge on any atom is 0.255 e. The largest absolute Gasteiger partial charge is 0.368 e. The molecule has 0 aromatic carbocycles. The van der Waals surface area contributed by atoms with Gasteiger partial charge in [-0.05, 0) is 38.3 Å². The second-order valence-electron chi connectivity index (χ2n) is 7.20. The molecule has 1 aliphatic carbocycles. The van der Waals surface area contributed by atoms with E-state index >= 15 is 0 Å². The fourth-order valence-corrected chi connectivity index (χ4v) is 3.62. The Morgan fingerprint density at radius 3 is 2.69 bits per heavy atom. The molecule has 1 atom stereocenters. The van der Waals surface area contributed by atoms with Crippen LogP contribution in [0, 0.1) is 11.3 Å². The van der Waals surface area contributed by atoms with Crippen molar-refractivity contribution in [3.8, 4) is 6.07 Å². The lowest BCUT2D eigenvalue weighted by Gasteiger charge is -2.42. The van der Waals surface area contributed by atoms with Crippen molar-refractivity contribution >= 4 is 5.91 Å². The monoisotopic (exact) mass is 356 g/mol. The molecule has 3 aliphatic rings. The third-order valence-electron chi connectivity index (χ3n) is 5.23. The molecule has 1 N–H and O–H groups in total. The van der Waals surface area contributed by atoms with Crippen LogP contribution in [0.4, 0.5) is 0 Å². The highest BCUT2D eigenvalue weighted by Crippen LogP contribution is 2.20. The molecule has 26 heavy (non-hydrogen) atoms. The van der Waals surface area contributed by atoms with E-state index in [9.17, 15) is 10.1 Å². The number of ether oxygens (including phenoxy) is 1. The van der Waals surface area contributed by atoms with Gasteiger partial charge in [-0.25, -0.2) is 0 Å². The fraction of sp³-hybridized carbons (Fsp3) is 0.600. The van der Waals surface area contributed by atoms with Crippen LogP contribution in [0.15, 0.2) is 35.6 Å². The van der Waals surface area contributed by atoms with Crippen molar-refractivity contribution in [2.45, 2.75) is 31.8 Å². The van der Waals surface area contributed by atoms with E-state index in [1.165, 1.54) is 0 Å². The topological polar surface area (TPSA) is 68.6 Å². The molecular formula is C20H28N4O2. The Bertz CT molecular complexity index is 645. The first-order chi connectivity index (χ1) is 12.6. The number of hydrogen-bond acceptors (Lipinski definition) is 5. The maximum atomic E-state index is 12.9. The lowest BCUT2D eigenvalue weighted by atomic mass is 10.0. The molecule has 2 saturated heterocycles. The normalized spacial score (nSPS) is 30.8. The molecule has 0 aromatic heterocycles. The van der Waals surface area contributed by atoms with E-state index in [2.05, 4.69) is 22.4 Å². The fourth-order valence-electron chi connectivity index (χ4n) is 3.62. The van der Waals surface area contributed by atoms with Gasteiger partial charge in [-0.3, -0.25) is 4.79 Å². The number of nitriles is 1. The van der Waals surface area contributed by atoms with Gasteiger partial charge < -0.3 is 19.9 Å². The molecule has 1 amide bonds. The summed E-state index contributed by atoms with van der Waals surface area (Å²) in [5, 5.41) is 12.4. The molecule has 2 aliphatic heterocycles. The predicted octanol–water partition coefficient (Wildman–Crippen LogP) is 1.58. The molecule has 0 radical (unpaired) electrons. The summed E-state index contributed by atoms with van der Waals surface area (Å²) in [5.41, 5.74) is 1.13. The SMILES string of the molecule is CC1(C(=O)N2CCN(C3=C\CCCC=C(C#N)/C=C\3)CC2)CNCCO1. The number of piperazine rings is 1. The minimum Gasteiger partial charge on any atom is -0.368 e. The number of rotatable bonds is 2. The van der Waals surface area contributed by atoms with Crippen LogP contribution >= 0.6 is 0 Å². The molecule has 6 heteroatoms. The van der Waals surface area contributed by atoms with Crippen molar-refractivity contribution in [1.82, 2.24) is 15.1 Å². The summed E-state index contributed by atoms with van der Waals surface area (Å²) < 4.78 is 5.77. The second-order valence-corrected chi connectivity index (χ2v) is 7.20. The third-order valence-corrected chi connectivity index (χ3v) is 5.23. The van der Waals surface area contributed by atoms with Crippen LogP contribution in [0.5, 0.6) is 0 Å². The maximum absolute atomic E-state index is 12.9. The van der Waals surface area contributed by atoms with Gasteiger partial charge in [-0.15, -0.1) is 0 Å². The first kappa shape index (κ1) is 18.7. The zero-order chi connectivity index (χ0) is 18.4. The summed E-state index contributed by atoms with van der Waals surface area (Å²) >= 11 is 0. The highest BCUT2D eigenvalue weighted by molar-refractivity contribution is 5.85. The lowest BCUT2D eigenvalue weighted by Crippen LogP contribution is -2.60. The molecular weight excluding hydrogens is 328 g/mol. The van der Waals surface area contributed by atoms with Gasteiger partial charge in [0.25, 0.3) is 5.91 Å². The summed E-state index contributed by atoms with van der Waals surface area (Å²) in [4.78, 5) is 17.1. The Hall–Kier alpha value is -2.10. The smallest absolute Gasteiger partial charge is 0.255 e. The Morgan fingerprint density at radius 2 is 2.00 bits per heavy atom. The number of carbonyl (C=O) groups excluding carboxylic acids is 1. The summed E-state index contributed by atoms with van der Waals surface area (Å²) in [6.07, 6.45) is 11.2. The molecule has 0 spiro atoms. The van der Waals surface area contributed by atoms with Gasteiger partial charge in [0, 0.05) is 50.5 Å². The van der Waals surface area contributed by atoms with E-state index in [0.717, 1.165) is 50.2 Å². The Kier molecular flexibility index (Phi) is 6.12. The molecule has 3 rings (SSSR count). The highest BCUT2D eigenvalue weighted by atomic mass is 16.5. The van der Waals surface area contributed by atoms with E-state index < -0.39 is 5.60 Å². The molecule has 0 bridgehead atoms. The van der Waals surface area contributed by atoms with Gasteiger partial charge in [0.05, 0.1) is 12.7 Å². The number of morpholine rings is 1. The van der Waals surface area contributed by atoms with E-state index in [4.69, 9.17) is 4.74 Å². The van der Waals surface area contributed by atoms with Crippen LogP contribution in [0.25, 0.3) is 0 Å². The average molecular weight is 356 g/mol. The van der Waals surface area contributed by atoms with Gasteiger partial charge in [0.1, 0.15) is 0 Å². The van der Waals surface area contributed by atoms with Gasteiger partial charge in [0.15, 0.2) is 5.60 Å². The molecule has 140 valence electrons. The number of nitrogens with zero attached hydrogens (tertiary/aromatic N) is 3. The molecule has 6 nitrogen and oxygen atoms in total. The molecule has 0 aromatic rings. The molecule has 1 unspecified atom stereocenters. The summed E-state index contributed by atoms with van der Waals surface area (Å²) in [6, 6.07) is 2.24. The minimum absolute atomic E-state index is 0.0815. The van der Waals surface area contributed by atoms with Crippen molar-refractivity contribution < 1.29 is 9.53 Å². The number of amides is 1. The van der Waals surface area contributed by atoms with Gasteiger partial charge >= 0.3 is 0 Å². The van der Waals surface area contributed by atoms with Crippen molar-refractivity contribution in [2.75, 3.05) is 45.9 Å².